The van der Waals surface area contributed by atoms with Crippen molar-refractivity contribution < 1.29 is 14.3 Å². The van der Waals surface area contributed by atoms with Crippen molar-refractivity contribution in [3.05, 3.63) is 0 Å². The third kappa shape index (κ3) is 4.36. The minimum absolute atomic E-state index is 0.0309. The lowest BCUT2D eigenvalue weighted by molar-refractivity contribution is -0.147. The van der Waals surface area contributed by atoms with Gasteiger partial charge in [0.25, 0.3) is 0 Å². The quantitative estimate of drug-likeness (QED) is 0.546. The van der Waals surface area contributed by atoms with Crippen molar-refractivity contribution in [1.82, 2.24) is 4.90 Å². The molecule has 0 aliphatic heterocycles. The average Bonchev–Trinajstić information content (AvgIpc) is 1.87. The Bertz CT molecular complexity index is 156. The van der Waals surface area contributed by atoms with E-state index in [4.69, 9.17) is 0 Å². The van der Waals surface area contributed by atoms with E-state index in [1.165, 1.54) is 11.8 Å². The van der Waals surface area contributed by atoms with Gasteiger partial charge in [0, 0.05) is 14.0 Å². The number of nitrogens with zero attached hydrogens (tertiary/aromatic N) is 1. The minimum Gasteiger partial charge on any atom is -0.465 e. The standard InChI is InChI=1S/C7H13NO3/c1-4-11-7(10)5-8(3)6(2)9/h4-5H2,1-3H3. The molecule has 0 saturated carbocycles. The fourth-order valence-electron chi connectivity index (χ4n) is 0.512. The number of hydrogen-bond donors (Lipinski definition) is 0. The van der Waals surface area contributed by atoms with Crippen LogP contribution >= 0.6 is 0 Å². The van der Waals surface area contributed by atoms with Crippen LogP contribution in [-0.4, -0.2) is 37.0 Å². The Labute approximate surface area is 66.1 Å². The second kappa shape index (κ2) is 4.71. The molecule has 0 aromatic carbocycles. The van der Waals surface area contributed by atoms with E-state index in [9.17, 15) is 9.59 Å². The maximum Gasteiger partial charge on any atom is 0.325 e. The predicted octanol–water partition coefficient (Wildman–Crippen LogP) is 0.0278. The summed E-state index contributed by atoms with van der Waals surface area (Å²) in [5, 5.41) is 0. The van der Waals surface area contributed by atoms with Crippen LogP contribution in [0, 0.1) is 0 Å². The van der Waals surface area contributed by atoms with E-state index < -0.39 is 0 Å². The molecule has 0 spiro atoms. The molecular formula is C7H13NO3. The molecule has 0 radical (unpaired) electrons. The van der Waals surface area contributed by atoms with Gasteiger partial charge in [-0.25, -0.2) is 0 Å². The fraction of sp³-hybridized carbons (Fsp3) is 0.714. The molecule has 4 nitrogen and oxygen atoms in total. The van der Waals surface area contributed by atoms with Crippen LogP contribution in [0.5, 0.6) is 0 Å². The first-order chi connectivity index (χ1) is 5.07. The Morgan fingerprint density at radius 3 is 2.36 bits per heavy atom. The van der Waals surface area contributed by atoms with E-state index in [0.29, 0.717) is 6.61 Å². The summed E-state index contributed by atoms with van der Waals surface area (Å²) in [5.74, 6) is -0.511. The van der Waals surface area contributed by atoms with Gasteiger partial charge in [-0.05, 0) is 6.92 Å². The van der Waals surface area contributed by atoms with Gasteiger partial charge in [0.05, 0.1) is 6.61 Å². The van der Waals surface area contributed by atoms with Gasteiger partial charge >= 0.3 is 5.97 Å². The van der Waals surface area contributed by atoms with E-state index in [-0.39, 0.29) is 18.4 Å². The van der Waals surface area contributed by atoms with Crippen LogP contribution in [-0.2, 0) is 14.3 Å². The minimum atomic E-state index is -0.370. The molecule has 0 aliphatic carbocycles. The summed E-state index contributed by atoms with van der Waals surface area (Å²) in [7, 11) is 1.55. The summed E-state index contributed by atoms with van der Waals surface area (Å²) in [6.45, 7) is 3.51. The molecule has 0 N–H and O–H groups in total. The van der Waals surface area contributed by atoms with Crippen molar-refractivity contribution in [3.8, 4) is 0 Å². The van der Waals surface area contributed by atoms with Gasteiger partial charge in [-0.3, -0.25) is 9.59 Å². The Morgan fingerprint density at radius 1 is 1.45 bits per heavy atom. The van der Waals surface area contributed by atoms with Crippen LogP contribution in [0.4, 0.5) is 0 Å². The van der Waals surface area contributed by atoms with Gasteiger partial charge in [-0.2, -0.15) is 0 Å². The molecule has 0 fully saturated rings. The van der Waals surface area contributed by atoms with Crippen LogP contribution < -0.4 is 0 Å². The number of rotatable bonds is 3. The molecule has 1 amide bonds. The molecule has 4 heteroatoms. The van der Waals surface area contributed by atoms with Crippen molar-refractivity contribution in [2.24, 2.45) is 0 Å². The molecular weight excluding hydrogens is 146 g/mol. The lowest BCUT2D eigenvalue weighted by Gasteiger charge is -2.12. The normalized spacial score (nSPS) is 9.00. The van der Waals surface area contributed by atoms with Crippen molar-refractivity contribution in [3.63, 3.8) is 0 Å². The maximum atomic E-state index is 10.7. The Kier molecular flexibility index (Phi) is 4.26. The number of ether oxygens (including phenoxy) is 1. The van der Waals surface area contributed by atoms with E-state index >= 15 is 0 Å². The molecule has 64 valence electrons. The zero-order valence-corrected chi connectivity index (χ0v) is 7.09. The van der Waals surface area contributed by atoms with E-state index in [0.717, 1.165) is 0 Å². The smallest absolute Gasteiger partial charge is 0.325 e. The summed E-state index contributed by atoms with van der Waals surface area (Å²) in [6, 6.07) is 0. The van der Waals surface area contributed by atoms with Gasteiger partial charge in [0.2, 0.25) is 5.91 Å². The molecule has 0 aromatic heterocycles. The molecule has 0 aromatic rings. The highest BCUT2D eigenvalue weighted by atomic mass is 16.5. The summed E-state index contributed by atoms with van der Waals surface area (Å²) in [4.78, 5) is 22.6. The van der Waals surface area contributed by atoms with Crippen LogP contribution in [0.15, 0.2) is 0 Å². The van der Waals surface area contributed by atoms with Crippen LogP contribution in [0.25, 0.3) is 0 Å². The third-order valence-corrected chi connectivity index (χ3v) is 1.21. The molecule has 0 atom stereocenters. The van der Waals surface area contributed by atoms with Gasteiger partial charge in [0.15, 0.2) is 0 Å². The Morgan fingerprint density at radius 2 is 2.00 bits per heavy atom. The first kappa shape index (κ1) is 9.94. The molecule has 0 unspecified atom stereocenters. The zero-order valence-electron chi connectivity index (χ0n) is 7.09. The van der Waals surface area contributed by atoms with Crippen molar-refractivity contribution >= 4 is 11.9 Å². The highest BCUT2D eigenvalue weighted by Crippen LogP contribution is 1.85. The van der Waals surface area contributed by atoms with E-state index in [1.807, 2.05) is 0 Å². The fourth-order valence-corrected chi connectivity index (χ4v) is 0.512. The SMILES string of the molecule is CCOC(=O)CN(C)C(C)=O. The van der Waals surface area contributed by atoms with E-state index in [2.05, 4.69) is 4.74 Å². The average molecular weight is 159 g/mol. The number of carbonyl (C=O) groups is 2. The summed E-state index contributed by atoms with van der Waals surface area (Å²) in [5.41, 5.74) is 0. The Balaban J connectivity index is 3.66. The molecule has 0 heterocycles. The molecule has 11 heavy (non-hydrogen) atoms. The number of likely N-dealkylation sites (N-methyl/N-ethyl adjacent to an activating group) is 1. The summed E-state index contributed by atoms with van der Waals surface area (Å²) >= 11 is 0. The van der Waals surface area contributed by atoms with Crippen LogP contribution in [0.1, 0.15) is 13.8 Å². The van der Waals surface area contributed by atoms with Gasteiger partial charge in [-0.15, -0.1) is 0 Å². The monoisotopic (exact) mass is 159 g/mol. The maximum absolute atomic E-state index is 10.7. The van der Waals surface area contributed by atoms with Crippen LogP contribution in [0.2, 0.25) is 0 Å². The summed E-state index contributed by atoms with van der Waals surface area (Å²) < 4.78 is 4.63. The van der Waals surface area contributed by atoms with Crippen molar-refractivity contribution in [2.45, 2.75) is 13.8 Å². The number of amides is 1. The largest absolute Gasteiger partial charge is 0.465 e. The summed E-state index contributed by atoms with van der Waals surface area (Å²) in [6.07, 6.45) is 0. The van der Waals surface area contributed by atoms with Gasteiger partial charge in [-0.1, -0.05) is 0 Å². The zero-order chi connectivity index (χ0) is 8.85. The lowest BCUT2D eigenvalue weighted by atomic mass is 10.5. The number of esters is 1. The van der Waals surface area contributed by atoms with E-state index in [1.54, 1.807) is 14.0 Å². The van der Waals surface area contributed by atoms with Crippen molar-refractivity contribution in [1.29, 1.82) is 0 Å². The van der Waals surface area contributed by atoms with Gasteiger partial charge < -0.3 is 9.64 Å². The lowest BCUT2D eigenvalue weighted by Crippen LogP contribution is -2.31. The topological polar surface area (TPSA) is 46.6 Å². The second-order valence-electron chi connectivity index (χ2n) is 2.18. The van der Waals surface area contributed by atoms with Gasteiger partial charge in [0.1, 0.15) is 6.54 Å². The number of carbonyl (C=O) groups excluding carboxylic acids is 2. The van der Waals surface area contributed by atoms with Crippen LogP contribution in [0.3, 0.4) is 0 Å². The molecule has 0 aliphatic rings. The highest BCUT2D eigenvalue weighted by Gasteiger charge is 2.08. The predicted molar refractivity (Wildman–Crippen MR) is 39.9 cm³/mol. The first-order valence-electron chi connectivity index (χ1n) is 3.45. The number of hydrogen-bond acceptors (Lipinski definition) is 3. The molecule has 0 rings (SSSR count). The third-order valence-electron chi connectivity index (χ3n) is 1.21. The first-order valence-corrected chi connectivity index (χ1v) is 3.45. The second-order valence-corrected chi connectivity index (χ2v) is 2.18. The highest BCUT2D eigenvalue weighted by molar-refractivity contribution is 5.80. The Hall–Kier alpha value is -1.06. The molecule has 0 bridgehead atoms. The van der Waals surface area contributed by atoms with Crippen molar-refractivity contribution in [2.75, 3.05) is 20.2 Å². The molecule has 0 saturated heterocycles.